The van der Waals surface area contributed by atoms with Gasteiger partial charge in [0.05, 0.1) is 0 Å². The molecule has 1 fully saturated rings. The van der Waals surface area contributed by atoms with Gasteiger partial charge in [-0.15, -0.1) is 24.0 Å². The Bertz CT molecular complexity index is 520. The van der Waals surface area contributed by atoms with Crippen LogP contribution < -0.4 is 5.32 Å². The van der Waals surface area contributed by atoms with Crippen molar-refractivity contribution >= 4 is 29.9 Å². The Morgan fingerprint density at radius 3 is 2.71 bits per heavy atom. The highest BCUT2D eigenvalue weighted by atomic mass is 127. The number of hydrogen-bond acceptors (Lipinski definition) is 2. The van der Waals surface area contributed by atoms with Gasteiger partial charge < -0.3 is 15.3 Å². The molecule has 6 heteroatoms. The molecular weight excluding hydrogens is 384 g/mol. The van der Waals surface area contributed by atoms with E-state index >= 15 is 0 Å². The van der Waals surface area contributed by atoms with Crippen LogP contribution in [0.2, 0.25) is 0 Å². The van der Waals surface area contributed by atoms with Crippen LogP contribution in [0.3, 0.4) is 0 Å². The number of phenolic OH excluding ortho intramolecular Hbond substituents is 1. The predicted octanol–water partition coefficient (Wildman–Crippen LogP) is 2.96. The molecule has 1 aromatic rings. The van der Waals surface area contributed by atoms with Crippen LogP contribution in [-0.2, 0) is 6.54 Å². The summed E-state index contributed by atoms with van der Waals surface area (Å²) >= 11 is 0. The molecule has 0 atom stereocenters. The molecule has 1 saturated heterocycles. The lowest BCUT2D eigenvalue weighted by molar-refractivity contribution is 0.370. The summed E-state index contributed by atoms with van der Waals surface area (Å²) in [6, 6.07) is 4.41. The summed E-state index contributed by atoms with van der Waals surface area (Å²) in [6.45, 7) is 6.93. The van der Waals surface area contributed by atoms with Crippen LogP contribution in [0, 0.1) is 11.2 Å². The quantitative estimate of drug-likeness (QED) is 0.450. The molecule has 1 aromatic carbocycles. The first-order valence-electron chi connectivity index (χ1n) is 6.84. The summed E-state index contributed by atoms with van der Waals surface area (Å²) in [7, 11) is 1.76. The largest absolute Gasteiger partial charge is 0.505 e. The molecule has 0 radical (unpaired) electrons. The third-order valence-electron chi connectivity index (χ3n) is 3.65. The Hall–Kier alpha value is -1.05. The lowest BCUT2D eigenvalue weighted by Crippen LogP contribution is -2.40. The molecule has 0 unspecified atom stereocenters. The summed E-state index contributed by atoms with van der Waals surface area (Å²) in [4.78, 5) is 6.50. The second-order valence-electron chi connectivity index (χ2n) is 6.02. The van der Waals surface area contributed by atoms with E-state index in [4.69, 9.17) is 0 Å². The van der Waals surface area contributed by atoms with Crippen molar-refractivity contribution in [1.29, 1.82) is 0 Å². The number of halogens is 2. The molecule has 0 saturated carbocycles. The molecule has 21 heavy (non-hydrogen) atoms. The van der Waals surface area contributed by atoms with Crippen LogP contribution >= 0.6 is 24.0 Å². The van der Waals surface area contributed by atoms with E-state index in [9.17, 15) is 9.50 Å². The molecule has 1 heterocycles. The fourth-order valence-corrected chi connectivity index (χ4v) is 2.47. The highest BCUT2D eigenvalue weighted by molar-refractivity contribution is 14.0. The van der Waals surface area contributed by atoms with Crippen molar-refractivity contribution in [1.82, 2.24) is 10.2 Å². The second kappa shape index (κ2) is 7.29. The predicted molar refractivity (Wildman–Crippen MR) is 93.6 cm³/mol. The SMILES string of the molecule is CN=C(NCc1ccc(O)c(F)c1)N1CCC(C)(C)C1.I. The first-order valence-corrected chi connectivity index (χ1v) is 6.84. The van der Waals surface area contributed by atoms with Crippen LogP contribution in [0.1, 0.15) is 25.8 Å². The minimum Gasteiger partial charge on any atom is -0.505 e. The topological polar surface area (TPSA) is 47.9 Å². The van der Waals surface area contributed by atoms with Crippen molar-refractivity contribution in [2.24, 2.45) is 10.4 Å². The third-order valence-corrected chi connectivity index (χ3v) is 3.65. The minimum absolute atomic E-state index is 0. The molecule has 0 amide bonds. The smallest absolute Gasteiger partial charge is 0.193 e. The maximum Gasteiger partial charge on any atom is 0.193 e. The van der Waals surface area contributed by atoms with E-state index in [1.54, 1.807) is 13.1 Å². The first kappa shape index (κ1) is 18.0. The van der Waals surface area contributed by atoms with Crippen LogP contribution in [0.5, 0.6) is 5.75 Å². The molecule has 2 N–H and O–H groups in total. The number of phenols is 1. The van der Waals surface area contributed by atoms with Crippen molar-refractivity contribution in [3.63, 3.8) is 0 Å². The monoisotopic (exact) mass is 407 g/mol. The number of hydrogen-bond donors (Lipinski definition) is 2. The molecule has 0 aromatic heterocycles. The van der Waals surface area contributed by atoms with E-state index in [1.165, 1.54) is 12.1 Å². The highest BCUT2D eigenvalue weighted by Gasteiger charge is 2.30. The number of aliphatic imine (C=N–C) groups is 1. The van der Waals surface area contributed by atoms with Gasteiger partial charge in [0.25, 0.3) is 0 Å². The number of benzene rings is 1. The number of likely N-dealkylation sites (tertiary alicyclic amines) is 1. The van der Waals surface area contributed by atoms with Crippen molar-refractivity contribution in [2.45, 2.75) is 26.8 Å². The number of guanidine groups is 1. The zero-order chi connectivity index (χ0) is 14.8. The van der Waals surface area contributed by atoms with Gasteiger partial charge in [0, 0.05) is 26.7 Å². The summed E-state index contributed by atoms with van der Waals surface area (Å²) in [5.74, 6) is -0.0786. The van der Waals surface area contributed by atoms with E-state index in [-0.39, 0.29) is 29.7 Å². The summed E-state index contributed by atoms with van der Waals surface area (Å²) < 4.78 is 13.3. The lowest BCUT2D eigenvalue weighted by Gasteiger charge is -2.23. The van der Waals surface area contributed by atoms with Gasteiger partial charge >= 0.3 is 0 Å². The normalized spacial score (nSPS) is 17.5. The third kappa shape index (κ3) is 4.72. The molecule has 0 bridgehead atoms. The average molecular weight is 407 g/mol. The molecule has 0 spiro atoms. The van der Waals surface area contributed by atoms with Gasteiger partial charge in [0.2, 0.25) is 0 Å². The molecule has 2 rings (SSSR count). The molecular formula is C15H23FIN3O. The zero-order valence-electron chi connectivity index (χ0n) is 12.7. The number of nitrogens with zero attached hydrogens (tertiary/aromatic N) is 2. The number of nitrogens with one attached hydrogen (secondary N) is 1. The van der Waals surface area contributed by atoms with Gasteiger partial charge in [-0.05, 0) is 29.5 Å². The summed E-state index contributed by atoms with van der Waals surface area (Å²) in [6.07, 6.45) is 1.14. The van der Waals surface area contributed by atoms with Crippen molar-refractivity contribution in [3.8, 4) is 5.75 Å². The maximum absolute atomic E-state index is 13.3. The number of rotatable bonds is 2. The zero-order valence-corrected chi connectivity index (χ0v) is 15.0. The standard InChI is InChI=1S/C15H22FN3O.HI/c1-15(2)6-7-19(10-15)14(17-3)18-9-11-4-5-13(20)12(16)8-11;/h4-5,8,20H,6-7,9-10H2,1-3H3,(H,17,18);1H. The second-order valence-corrected chi connectivity index (χ2v) is 6.02. The van der Waals surface area contributed by atoms with Crippen molar-refractivity contribution in [2.75, 3.05) is 20.1 Å². The Morgan fingerprint density at radius 2 is 2.19 bits per heavy atom. The van der Waals surface area contributed by atoms with Gasteiger partial charge in [0.15, 0.2) is 17.5 Å². The average Bonchev–Trinajstić information content (AvgIpc) is 2.75. The molecule has 4 nitrogen and oxygen atoms in total. The fraction of sp³-hybridized carbons (Fsp3) is 0.533. The summed E-state index contributed by atoms with van der Waals surface area (Å²) in [5, 5.41) is 12.4. The van der Waals surface area contributed by atoms with Crippen LogP contribution in [-0.4, -0.2) is 36.1 Å². The first-order chi connectivity index (χ1) is 9.41. The van der Waals surface area contributed by atoms with Gasteiger partial charge in [-0.25, -0.2) is 4.39 Å². The summed E-state index contributed by atoms with van der Waals surface area (Å²) in [5.41, 5.74) is 1.09. The number of aromatic hydroxyl groups is 1. The fourth-order valence-electron chi connectivity index (χ4n) is 2.47. The Balaban J connectivity index is 0.00000220. The van der Waals surface area contributed by atoms with E-state index in [1.807, 2.05) is 0 Å². The van der Waals surface area contributed by atoms with Crippen molar-refractivity contribution in [3.05, 3.63) is 29.6 Å². The van der Waals surface area contributed by atoms with Gasteiger partial charge in [0.1, 0.15) is 0 Å². The van der Waals surface area contributed by atoms with Crippen LogP contribution in [0.15, 0.2) is 23.2 Å². The van der Waals surface area contributed by atoms with E-state index in [0.717, 1.165) is 31.0 Å². The molecule has 118 valence electrons. The van der Waals surface area contributed by atoms with Crippen molar-refractivity contribution < 1.29 is 9.50 Å². The van der Waals surface area contributed by atoms with Gasteiger partial charge in [-0.1, -0.05) is 19.9 Å². The Kier molecular flexibility index (Phi) is 6.24. The van der Waals surface area contributed by atoms with E-state index in [0.29, 0.717) is 12.0 Å². The minimum atomic E-state index is -0.596. The molecule has 1 aliphatic heterocycles. The molecule has 1 aliphatic rings. The van der Waals surface area contributed by atoms with E-state index in [2.05, 4.69) is 29.1 Å². The van der Waals surface area contributed by atoms with E-state index < -0.39 is 5.82 Å². The van der Waals surface area contributed by atoms with Crippen LogP contribution in [0.25, 0.3) is 0 Å². The highest BCUT2D eigenvalue weighted by Crippen LogP contribution is 2.28. The van der Waals surface area contributed by atoms with Crippen LogP contribution in [0.4, 0.5) is 4.39 Å². The van der Waals surface area contributed by atoms with Gasteiger partial charge in [-0.2, -0.15) is 0 Å². The van der Waals surface area contributed by atoms with Gasteiger partial charge in [-0.3, -0.25) is 4.99 Å². The lowest BCUT2D eigenvalue weighted by atomic mass is 9.93. The molecule has 0 aliphatic carbocycles. The Morgan fingerprint density at radius 1 is 1.48 bits per heavy atom. The Labute approximate surface area is 142 Å². The maximum atomic E-state index is 13.3.